The van der Waals surface area contributed by atoms with Crippen LogP contribution in [0.3, 0.4) is 0 Å². The summed E-state index contributed by atoms with van der Waals surface area (Å²) in [4.78, 5) is 12.1. The van der Waals surface area contributed by atoms with Crippen molar-refractivity contribution >= 4 is 5.91 Å². The van der Waals surface area contributed by atoms with Crippen molar-refractivity contribution in [2.75, 3.05) is 14.2 Å². The molecule has 0 radical (unpaired) electrons. The molecule has 0 bridgehead atoms. The Morgan fingerprint density at radius 3 is 2.47 bits per heavy atom. The summed E-state index contributed by atoms with van der Waals surface area (Å²) in [6.45, 7) is 3.66. The topological polar surface area (TPSA) is 70.8 Å². The first-order chi connectivity index (χ1) is 14.4. The lowest BCUT2D eigenvalue weighted by atomic mass is 9.79. The quantitative estimate of drug-likeness (QED) is 0.675. The van der Waals surface area contributed by atoms with Crippen molar-refractivity contribution in [1.82, 2.24) is 0 Å². The Hall–Kier alpha value is -3.47. The van der Waals surface area contributed by atoms with Gasteiger partial charge in [-0.3, -0.25) is 4.79 Å². The van der Waals surface area contributed by atoms with Gasteiger partial charge in [-0.1, -0.05) is 36.4 Å². The van der Waals surface area contributed by atoms with Crippen LogP contribution in [0.25, 0.3) is 11.1 Å². The third-order valence-electron chi connectivity index (χ3n) is 5.79. The number of hydrogen-bond donors (Lipinski definition) is 1. The van der Waals surface area contributed by atoms with Crippen molar-refractivity contribution in [3.8, 4) is 28.4 Å². The highest BCUT2D eigenvalue weighted by Gasteiger charge is 2.33. The standard InChI is InChI=1S/C25H25NO4/c1-25(2,24(26)27)16-11-12-18-19(14-16)23(15-7-5-8-17(13-15)28-3)30-21-10-6-9-20(29-4)22(18)21/h5-14,23H,1-4H3,(H2,26,27). The van der Waals surface area contributed by atoms with Gasteiger partial charge in [-0.05, 0) is 49.2 Å². The lowest BCUT2D eigenvalue weighted by Crippen LogP contribution is -2.35. The Morgan fingerprint density at radius 2 is 1.77 bits per heavy atom. The van der Waals surface area contributed by atoms with E-state index in [-0.39, 0.29) is 12.0 Å². The molecule has 4 rings (SSSR count). The Bertz CT molecular complexity index is 1120. The molecule has 1 aliphatic rings. The Labute approximate surface area is 176 Å². The molecule has 5 nitrogen and oxygen atoms in total. The second kappa shape index (κ2) is 7.41. The zero-order chi connectivity index (χ0) is 21.5. The second-order valence-electron chi connectivity index (χ2n) is 7.90. The van der Waals surface area contributed by atoms with Crippen molar-refractivity contribution in [2.24, 2.45) is 5.73 Å². The Kier molecular flexibility index (Phi) is 4.90. The van der Waals surface area contributed by atoms with Gasteiger partial charge in [-0.25, -0.2) is 0 Å². The first kappa shape index (κ1) is 19.8. The number of primary amides is 1. The molecule has 5 heteroatoms. The highest BCUT2D eigenvalue weighted by molar-refractivity contribution is 5.87. The molecule has 1 unspecified atom stereocenters. The maximum atomic E-state index is 12.1. The highest BCUT2D eigenvalue weighted by atomic mass is 16.5. The van der Waals surface area contributed by atoms with Gasteiger partial charge in [0.1, 0.15) is 23.4 Å². The number of hydrogen-bond acceptors (Lipinski definition) is 4. The predicted molar refractivity (Wildman–Crippen MR) is 116 cm³/mol. The lowest BCUT2D eigenvalue weighted by molar-refractivity contribution is -0.122. The van der Waals surface area contributed by atoms with Crippen LogP contribution >= 0.6 is 0 Å². The van der Waals surface area contributed by atoms with Crippen LogP contribution in [-0.2, 0) is 10.2 Å². The van der Waals surface area contributed by atoms with Crippen LogP contribution < -0.4 is 19.9 Å². The van der Waals surface area contributed by atoms with Crippen molar-refractivity contribution < 1.29 is 19.0 Å². The number of carbonyl (C=O) groups excluding carboxylic acids is 1. The van der Waals surface area contributed by atoms with Crippen LogP contribution in [0.4, 0.5) is 0 Å². The minimum absolute atomic E-state index is 0.363. The van der Waals surface area contributed by atoms with Crippen LogP contribution in [-0.4, -0.2) is 20.1 Å². The Balaban J connectivity index is 1.96. The lowest BCUT2D eigenvalue weighted by Gasteiger charge is -2.32. The number of nitrogens with two attached hydrogens (primary N) is 1. The molecule has 1 amide bonds. The minimum Gasteiger partial charge on any atom is -0.497 e. The van der Waals surface area contributed by atoms with Gasteiger partial charge < -0.3 is 19.9 Å². The normalized spacial score (nSPS) is 14.9. The maximum absolute atomic E-state index is 12.1. The summed E-state index contributed by atoms with van der Waals surface area (Å²) >= 11 is 0. The summed E-state index contributed by atoms with van der Waals surface area (Å²) in [5, 5.41) is 0. The van der Waals surface area contributed by atoms with Crippen LogP contribution in [0, 0.1) is 0 Å². The summed E-state index contributed by atoms with van der Waals surface area (Å²) in [7, 11) is 3.29. The Morgan fingerprint density at radius 1 is 1.00 bits per heavy atom. The molecule has 0 fully saturated rings. The SMILES string of the molecule is COc1cccc(C2Oc3cccc(OC)c3-c3ccc(C(C)(C)C(N)=O)cc32)c1. The second-order valence-corrected chi connectivity index (χ2v) is 7.90. The average Bonchev–Trinajstić information content (AvgIpc) is 2.77. The molecule has 1 heterocycles. The van der Waals surface area contributed by atoms with Gasteiger partial charge in [0, 0.05) is 11.1 Å². The maximum Gasteiger partial charge on any atom is 0.227 e. The number of ether oxygens (including phenoxy) is 3. The molecule has 0 aromatic heterocycles. The minimum atomic E-state index is -0.811. The van der Waals surface area contributed by atoms with E-state index in [2.05, 4.69) is 0 Å². The van der Waals surface area contributed by atoms with Crippen molar-refractivity contribution in [1.29, 1.82) is 0 Å². The number of carbonyl (C=O) groups is 1. The molecule has 154 valence electrons. The van der Waals surface area contributed by atoms with Crippen LogP contribution in [0.1, 0.15) is 36.6 Å². The van der Waals surface area contributed by atoms with E-state index in [1.165, 1.54) is 0 Å². The van der Waals surface area contributed by atoms with E-state index < -0.39 is 5.41 Å². The fourth-order valence-corrected chi connectivity index (χ4v) is 3.83. The van der Waals surface area contributed by atoms with E-state index in [1.807, 2.05) is 74.5 Å². The molecular formula is C25H25NO4. The van der Waals surface area contributed by atoms with Crippen LogP contribution in [0.15, 0.2) is 60.7 Å². The number of methoxy groups -OCH3 is 2. The number of rotatable bonds is 5. The van der Waals surface area contributed by atoms with E-state index in [0.717, 1.165) is 45.1 Å². The molecule has 3 aromatic rings. The van der Waals surface area contributed by atoms with Gasteiger partial charge in [-0.2, -0.15) is 0 Å². The fourth-order valence-electron chi connectivity index (χ4n) is 3.83. The fraction of sp³-hybridized carbons (Fsp3) is 0.240. The molecule has 2 N–H and O–H groups in total. The summed E-state index contributed by atoms with van der Waals surface area (Å²) < 4.78 is 17.5. The largest absolute Gasteiger partial charge is 0.497 e. The molecule has 0 aliphatic carbocycles. The third-order valence-corrected chi connectivity index (χ3v) is 5.79. The monoisotopic (exact) mass is 403 g/mol. The first-order valence-electron chi connectivity index (χ1n) is 9.79. The van der Waals surface area contributed by atoms with Gasteiger partial charge in [0.2, 0.25) is 5.91 Å². The van der Waals surface area contributed by atoms with Crippen LogP contribution in [0.5, 0.6) is 17.2 Å². The van der Waals surface area contributed by atoms with Crippen molar-refractivity contribution in [2.45, 2.75) is 25.4 Å². The van der Waals surface area contributed by atoms with Crippen LogP contribution in [0.2, 0.25) is 0 Å². The average molecular weight is 403 g/mol. The summed E-state index contributed by atoms with van der Waals surface area (Å²) in [5.74, 6) is 1.86. The number of benzene rings is 3. The van der Waals surface area contributed by atoms with Gasteiger partial charge in [-0.15, -0.1) is 0 Å². The van der Waals surface area contributed by atoms with E-state index in [0.29, 0.717) is 0 Å². The molecule has 0 saturated carbocycles. The van der Waals surface area contributed by atoms with Gasteiger partial charge in [0.15, 0.2) is 0 Å². The summed E-state index contributed by atoms with van der Waals surface area (Å²) in [6, 6.07) is 19.6. The molecule has 1 aliphatic heterocycles. The third kappa shape index (κ3) is 3.16. The van der Waals surface area contributed by atoms with Crippen molar-refractivity contribution in [3.05, 3.63) is 77.4 Å². The zero-order valence-corrected chi connectivity index (χ0v) is 17.6. The summed E-state index contributed by atoms with van der Waals surface area (Å²) in [5.41, 5.74) is 9.52. The van der Waals surface area contributed by atoms with Gasteiger partial charge in [0.05, 0.1) is 25.2 Å². The number of fused-ring (bicyclic) bond motifs is 3. The van der Waals surface area contributed by atoms with Crippen molar-refractivity contribution in [3.63, 3.8) is 0 Å². The zero-order valence-electron chi connectivity index (χ0n) is 17.6. The molecule has 0 saturated heterocycles. The highest BCUT2D eigenvalue weighted by Crippen LogP contribution is 2.49. The van der Waals surface area contributed by atoms with E-state index in [1.54, 1.807) is 14.2 Å². The molecule has 1 atom stereocenters. The number of amides is 1. The van der Waals surface area contributed by atoms with E-state index >= 15 is 0 Å². The van der Waals surface area contributed by atoms with E-state index in [4.69, 9.17) is 19.9 Å². The first-order valence-corrected chi connectivity index (χ1v) is 9.79. The van der Waals surface area contributed by atoms with Gasteiger partial charge >= 0.3 is 0 Å². The van der Waals surface area contributed by atoms with Gasteiger partial charge in [0.25, 0.3) is 0 Å². The smallest absolute Gasteiger partial charge is 0.227 e. The predicted octanol–water partition coefficient (Wildman–Crippen LogP) is 4.62. The molecule has 0 spiro atoms. The molecule has 30 heavy (non-hydrogen) atoms. The summed E-state index contributed by atoms with van der Waals surface area (Å²) in [6.07, 6.45) is -0.363. The molecule has 3 aromatic carbocycles. The molecular weight excluding hydrogens is 378 g/mol. The van der Waals surface area contributed by atoms with E-state index in [9.17, 15) is 4.79 Å².